The lowest BCUT2D eigenvalue weighted by Gasteiger charge is -2.04. The van der Waals surface area contributed by atoms with Gasteiger partial charge >= 0.3 is 0 Å². The maximum absolute atomic E-state index is 6.06. The van der Waals surface area contributed by atoms with E-state index in [1.807, 2.05) is 58.0 Å². The molecule has 0 aliphatic carbocycles. The highest BCUT2D eigenvalue weighted by molar-refractivity contribution is 6.36. The Morgan fingerprint density at radius 3 is 1.93 bits per heavy atom. The molecule has 0 N–H and O–H groups in total. The smallest absolute Gasteiger partial charge is 0.0438 e. The van der Waals surface area contributed by atoms with E-state index in [0.29, 0.717) is 0 Å². The normalized spacial score (nSPS) is 11.8. The Hall–Kier alpha value is -1.01. The fourth-order valence-electron chi connectivity index (χ4n) is 1.22. The monoisotopic (exact) mass is 222 g/mol. The van der Waals surface area contributed by atoms with Crippen molar-refractivity contribution in [2.24, 2.45) is 0 Å². The second kappa shape index (κ2) is 8.31. The number of hydrogen-bond donors (Lipinski definition) is 0. The van der Waals surface area contributed by atoms with Gasteiger partial charge in [-0.05, 0) is 25.0 Å². The first-order valence-corrected chi connectivity index (χ1v) is 5.71. The van der Waals surface area contributed by atoms with Crippen LogP contribution < -0.4 is 0 Å². The third kappa shape index (κ3) is 4.35. The SMILES string of the molecule is C/C=C(\C(Cl)=C/C)c1ccccc1.CC. The summed E-state index contributed by atoms with van der Waals surface area (Å²) in [6, 6.07) is 10.1. The molecule has 15 heavy (non-hydrogen) atoms. The molecule has 0 atom stereocenters. The largest absolute Gasteiger partial charge is 0.0840 e. The summed E-state index contributed by atoms with van der Waals surface area (Å²) < 4.78 is 0. The average molecular weight is 223 g/mol. The first-order valence-electron chi connectivity index (χ1n) is 5.33. The topological polar surface area (TPSA) is 0 Å². The number of allylic oxidation sites excluding steroid dienone is 4. The van der Waals surface area contributed by atoms with Crippen molar-refractivity contribution in [1.82, 2.24) is 0 Å². The summed E-state index contributed by atoms with van der Waals surface area (Å²) in [5.41, 5.74) is 2.25. The minimum atomic E-state index is 0.800. The van der Waals surface area contributed by atoms with E-state index in [-0.39, 0.29) is 0 Å². The molecule has 0 radical (unpaired) electrons. The van der Waals surface area contributed by atoms with Crippen molar-refractivity contribution in [3.8, 4) is 0 Å². The van der Waals surface area contributed by atoms with Gasteiger partial charge in [0.25, 0.3) is 0 Å². The molecule has 0 aromatic heterocycles. The van der Waals surface area contributed by atoms with Gasteiger partial charge in [-0.15, -0.1) is 0 Å². The second-order valence-corrected chi connectivity index (χ2v) is 3.11. The Morgan fingerprint density at radius 1 is 1.00 bits per heavy atom. The molecule has 0 bridgehead atoms. The highest BCUT2D eigenvalue weighted by Crippen LogP contribution is 2.25. The Bertz CT molecular complexity index is 320. The number of benzene rings is 1. The fraction of sp³-hybridized carbons (Fsp3) is 0.286. The fourth-order valence-corrected chi connectivity index (χ4v) is 1.43. The lowest BCUT2D eigenvalue weighted by Crippen LogP contribution is -1.82. The van der Waals surface area contributed by atoms with Crippen LogP contribution in [0.15, 0.2) is 47.5 Å². The molecule has 0 spiro atoms. The molecule has 0 aliphatic heterocycles. The summed E-state index contributed by atoms with van der Waals surface area (Å²) in [5, 5.41) is 0.800. The summed E-state index contributed by atoms with van der Waals surface area (Å²) >= 11 is 6.06. The van der Waals surface area contributed by atoms with Crippen LogP contribution in [-0.2, 0) is 0 Å². The number of halogens is 1. The van der Waals surface area contributed by atoms with E-state index in [9.17, 15) is 0 Å². The van der Waals surface area contributed by atoms with Crippen LogP contribution in [0.3, 0.4) is 0 Å². The molecule has 0 nitrogen and oxygen atoms in total. The molecule has 0 unspecified atom stereocenters. The standard InChI is InChI=1S/C12H13Cl.C2H6/c1-3-11(12(13)4-2)10-8-6-5-7-9-10;1-2/h3-9H,1-2H3;1-2H3/b11-3-,12-4+;. The highest BCUT2D eigenvalue weighted by atomic mass is 35.5. The van der Waals surface area contributed by atoms with E-state index in [4.69, 9.17) is 11.6 Å². The molecule has 0 amide bonds. The predicted molar refractivity (Wildman–Crippen MR) is 71.1 cm³/mol. The molecule has 1 aromatic rings. The molecule has 1 rings (SSSR count). The maximum atomic E-state index is 6.06. The van der Waals surface area contributed by atoms with Gasteiger partial charge < -0.3 is 0 Å². The van der Waals surface area contributed by atoms with Gasteiger partial charge in [-0.2, -0.15) is 0 Å². The average Bonchev–Trinajstić information content (AvgIpc) is 2.33. The van der Waals surface area contributed by atoms with Crippen molar-refractivity contribution in [3.63, 3.8) is 0 Å². The van der Waals surface area contributed by atoms with Gasteiger partial charge in [0.1, 0.15) is 0 Å². The van der Waals surface area contributed by atoms with Crippen molar-refractivity contribution >= 4 is 17.2 Å². The predicted octanol–water partition coefficient (Wildman–Crippen LogP) is 5.26. The van der Waals surface area contributed by atoms with Gasteiger partial charge in [0.2, 0.25) is 0 Å². The van der Waals surface area contributed by atoms with Gasteiger partial charge in [0.05, 0.1) is 0 Å². The molecule has 0 heterocycles. The Balaban J connectivity index is 0.000000921. The van der Waals surface area contributed by atoms with Gasteiger partial charge in [0, 0.05) is 5.03 Å². The molecular weight excluding hydrogens is 204 g/mol. The minimum absolute atomic E-state index is 0.800. The van der Waals surface area contributed by atoms with Crippen LogP contribution in [0.2, 0.25) is 0 Å². The van der Waals surface area contributed by atoms with Crippen LogP contribution in [0, 0.1) is 0 Å². The van der Waals surface area contributed by atoms with Crippen molar-refractivity contribution < 1.29 is 0 Å². The molecule has 1 heteroatoms. The van der Waals surface area contributed by atoms with Gasteiger partial charge in [0.15, 0.2) is 0 Å². The van der Waals surface area contributed by atoms with Crippen molar-refractivity contribution in [2.45, 2.75) is 27.7 Å². The zero-order chi connectivity index (χ0) is 11.7. The molecular formula is C14H19Cl. The Morgan fingerprint density at radius 2 is 1.53 bits per heavy atom. The van der Waals surface area contributed by atoms with Gasteiger partial charge in [-0.25, -0.2) is 0 Å². The van der Waals surface area contributed by atoms with Crippen LogP contribution in [-0.4, -0.2) is 0 Å². The molecule has 0 aliphatic rings. The summed E-state index contributed by atoms with van der Waals surface area (Å²) in [6.07, 6.45) is 3.93. The van der Waals surface area contributed by atoms with Crippen molar-refractivity contribution in [1.29, 1.82) is 0 Å². The zero-order valence-electron chi connectivity index (χ0n) is 9.92. The quantitative estimate of drug-likeness (QED) is 0.599. The Labute approximate surface area is 98.3 Å². The van der Waals surface area contributed by atoms with Crippen molar-refractivity contribution in [3.05, 3.63) is 53.1 Å². The molecule has 82 valence electrons. The van der Waals surface area contributed by atoms with Gasteiger partial charge in [-0.1, -0.05) is 67.9 Å². The lowest BCUT2D eigenvalue weighted by atomic mass is 10.1. The number of hydrogen-bond acceptors (Lipinski definition) is 0. The van der Waals surface area contributed by atoms with Gasteiger partial charge in [-0.3, -0.25) is 0 Å². The van der Waals surface area contributed by atoms with E-state index in [1.54, 1.807) is 0 Å². The van der Waals surface area contributed by atoms with E-state index >= 15 is 0 Å². The molecule has 0 saturated heterocycles. The summed E-state index contributed by atoms with van der Waals surface area (Å²) in [6.45, 7) is 7.93. The van der Waals surface area contributed by atoms with Crippen LogP contribution in [0.4, 0.5) is 0 Å². The lowest BCUT2D eigenvalue weighted by molar-refractivity contribution is 1.50. The third-order valence-corrected chi connectivity index (χ3v) is 2.31. The first kappa shape index (κ1) is 14.0. The van der Waals surface area contributed by atoms with E-state index < -0.39 is 0 Å². The Kier molecular flexibility index (Phi) is 7.75. The van der Waals surface area contributed by atoms with Crippen LogP contribution in [0.1, 0.15) is 33.3 Å². The zero-order valence-corrected chi connectivity index (χ0v) is 10.7. The molecule has 1 aromatic carbocycles. The van der Waals surface area contributed by atoms with E-state index in [1.165, 1.54) is 0 Å². The minimum Gasteiger partial charge on any atom is -0.0840 e. The second-order valence-electron chi connectivity index (χ2n) is 2.70. The molecule has 0 fully saturated rings. The molecule has 0 saturated carbocycles. The summed E-state index contributed by atoms with van der Waals surface area (Å²) in [7, 11) is 0. The van der Waals surface area contributed by atoms with Crippen LogP contribution in [0.5, 0.6) is 0 Å². The third-order valence-electron chi connectivity index (χ3n) is 1.88. The van der Waals surface area contributed by atoms with E-state index in [2.05, 4.69) is 12.1 Å². The van der Waals surface area contributed by atoms with E-state index in [0.717, 1.165) is 16.2 Å². The summed E-state index contributed by atoms with van der Waals surface area (Å²) in [5.74, 6) is 0. The number of rotatable bonds is 2. The van der Waals surface area contributed by atoms with Crippen LogP contribution in [0.25, 0.3) is 5.57 Å². The maximum Gasteiger partial charge on any atom is 0.0438 e. The summed E-state index contributed by atoms with van der Waals surface area (Å²) in [4.78, 5) is 0. The van der Waals surface area contributed by atoms with Crippen molar-refractivity contribution in [2.75, 3.05) is 0 Å². The first-order chi connectivity index (χ1) is 7.29. The highest BCUT2D eigenvalue weighted by Gasteiger charge is 2.01. The van der Waals surface area contributed by atoms with Crippen LogP contribution >= 0.6 is 11.6 Å².